The van der Waals surface area contributed by atoms with Crippen molar-refractivity contribution in [2.24, 2.45) is 0 Å². The highest BCUT2D eigenvalue weighted by molar-refractivity contribution is 6.03. The molecule has 29 heavy (non-hydrogen) atoms. The molecular formula is C23H24FN3O2. The summed E-state index contributed by atoms with van der Waals surface area (Å²) in [4.78, 5) is 17.9. The molecule has 1 aliphatic rings. The molecule has 3 aromatic rings. The van der Waals surface area contributed by atoms with E-state index in [0.717, 1.165) is 48.4 Å². The molecule has 0 unspecified atom stereocenters. The molecule has 0 aliphatic carbocycles. The molecule has 6 heteroatoms. The van der Waals surface area contributed by atoms with Gasteiger partial charge in [0.2, 0.25) is 0 Å². The number of hydrogen-bond donors (Lipinski definition) is 2. The number of carbonyl (C=O) groups excluding carboxylic acids is 1. The monoisotopic (exact) mass is 393 g/mol. The Morgan fingerprint density at radius 3 is 2.41 bits per heavy atom. The zero-order valence-electron chi connectivity index (χ0n) is 16.3. The average Bonchev–Trinajstić information content (AvgIpc) is 3.25. The predicted molar refractivity (Wildman–Crippen MR) is 113 cm³/mol. The number of ether oxygens (including phenoxy) is 1. The van der Waals surface area contributed by atoms with Crippen LogP contribution in [0.1, 0.15) is 23.3 Å². The van der Waals surface area contributed by atoms with Gasteiger partial charge < -0.3 is 19.9 Å². The number of piperidine rings is 1. The van der Waals surface area contributed by atoms with Gasteiger partial charge in [-0.15, -0.1) is 0 Å². The maximum absolute atomic E-state index is 13.1. The Balaban J connectivity index is 1.38. The highest BCUT2D eigenvalue weighted by atomic mass is 19.1. The van der Waals surface area contributed by atoms with Crippen LogP contribution in [0.4, 0.5) is 15.8 Å². The average molecular weight is 393 g/mol. The van der Waals surface area contributed by atoms with E-state index in [1.165, 1.54) is 12.1 Å². The SMILES string of the molecule is COC1CCN(c2ccc(NC(=O)c3cc(-c4ccc(F)cc4)c[nH]3)cc2)CC1. The van der Waals surface area contributed by atoms with Crippen molar-refractivity contribution in [3.8, 4) is 11.1 Å². The molecule has 1 amide bonds. The normalized spacial score (nSPS) is 14.8. The smallest absolute Gasteiger partial charge is 0.272 e. The Morgan fingerprint density at radius 2 is 1.76 bits per heavy atom. The first-order valence-electron chi connectivity index (χ1n) is 9.76. The van der Waals surface area contributed by atoms with E-state index in [0.29, 0.717) is 11.8 Å². The van der Waals surface area contributed by atoms with Gasteiger partial charge in [-0.2, -0.15) is 0 Å². The number of nitrogens with one attached hydrogen (secondary N) is 2. The summed E-state index contributed by atoms with van der Waals surface area (Å²) in [5.74, 6) is -0.499. The van der Waals surface area contributed by atoms with Gasteiger partial charge in [-0.1, -0.05) is 12.1 Å². The van der Waals surface area contributed by atoms with Crippen molar-refractivity contribution in [1.29, 1.82) is 0 Å². The second kappa shape index (κ2) is 8.49. The second-order valence-electron chi connectivity index (χ2n) is 7.23. The summed E-state index contributed by atoms with van der Waals surface area (Å²) in [6, 6.07) is 15.8. The molecule has 150 valence electrons. The van der Waals surface area contributed by atoms with E-state index >= 15 is 0 Å². The number of rotatable bonds is 5. The van der Waals surface area contributed by atoms with Gasteiger partial charge in [-0.05, 0) is 66.4 Å². The second-order valence-corrected chi connectivity index (χ2v) is 7.23. The third-order valence-corrected chi connectivity index (χ3v) is 5.37. The summed E-state index contributed by atoms with van der Waals surface area (Å²) in [7, 11) is 1.77. The van der Waals surface area contributed by atoms with E-state index in [2.05, 4.69) is 15.2 Å². The Kier molecular flexibility index (Phi) is 5.62. The van der Waals surface area contributed by atoms with E-state index in [9.17, 15) is 9.18 Å². The summed E-state index contributed by atoms with van der Waals surface area (Å²) in [5, 5.41) is 2.91. The van der Waals surface area contributed by atoms with Gasteiger partial charge in [0.05, 0.1) is 6.10 Å². The fraction of sp³-hybridized carbons (Fsp3) is 0.261. The van der Waals surface area contributed by atoms with Gasteiger partial charge >= 0.3 is 0 Å². The van der Waals surface area contributed by atoms with Gasteiger partial charge in [0.15, 0.2) is 0 Å². The van der Waals surface area contributed by atoms with E-state index in [1.54, 1.807) is 31.5 Å². The molecule has 0 spiro atoms. The van der Waals surface area contributed by atoms with Crippen molar-refractivity contribution in [2.45, 2.75) is 18.9 Å². The number of aromatic amines is 1. The molecule has 0 atom stereocenters. The van der Waals surface area contributed by atoms with E-state index in [-0.39, 0.29) is 11.7 Å². The zero-order chi connectivity index (χ0) is 20.2. The highest BCUT2D eigenvalue weighted by Gasteiger charge is 2.19. The predicted octanol–water partition coefficient (Wildman–Crippen LogP) is 4.69. The highest BCUT2D eigenvalue weighted by Crippen LogP contribution is 2.24. The van der Waals surface area contributed by atoms with Crippen molar-refractivity contribution >= 4 is 17.3 Å². The van der Waals surface area contributed by atoms with Crippen molar-refractivity contribution in [3.63, 3.8) is 0 Å². The molecule has 0 bridgehead atoms. The van der Waals surface area contributed by atoms with Gasteiger partial charge in [0.1, 0.15) is 11.5 Å². The summed E-state index contributed by atoms with van der Waals surface area (Å²) in [6.45, 7) is 1.94. The Morgan fingerprint density at radius 1 is 1.07 bits per heavy atom. The number of benzene rings is 2. The van der Waals surface area contributed by atoms with Crippen LogP contribution in [0, 0.1) is 5.82 Å². The lowest BCUT2D eigenvalue weighted by atomic mass is 10.1. The number of methoxy groups -OCH3 is 1. The number of H-pyrrole nitrogens is 1. The summed E-state index contributed by atoms with van der Waals surface area (Å²) in [6.07, 6.45) is 4.15. The van der Waals surface area contributed by atoms with Crippen molar-refractivity contribution in [1.82, 2.24) is 4.98 Å². The number of amides is 1. The minimum absolute atomic E-state index is 0.216. The largest absolute Gasteiger partial charge is 0.381 e. The molecule has 0 radical (unpaired) electrons. The molecule has 2 aromatic carbocycles. The first-order chi connectivity index (χ1) is 14.1. The maximum atomic E-state index is 13.1. The minimum atomic E-state index is -0.284. The van der Waals surface area contributed by atoms with Crippen LogP contribution in [0.25, 0.3) is 11.1 Å². The summed E-state index contributed by atoms with van der Waals surface area (Å²) >= 11 is 0. The quantitative estimate of drug-likeness (QED) is 0.661. The number of aromatic nitrogens is 1. The fourth-order valence-corrected chi connectivity index (χ4v) is 3.64. The molecule has 5 nitrogen and oxygen atoms in total. The van der Waals surface area contributed by atoms with Crippen molar-refractivity contribution in [2.75, 3.05) is 30.4 Å². The first kappa shape index (κ1) is 19.2. The number of hydrogen-bond acceptors (Lipinski definition) is 3. The number of halogens is 1. The van der Waals surface area contributed by atoms with Crippen LogP contribution in [0.3, 0.4) is 0 Å². The van der Waals surface area contributed by atoms with Crippen LogP contribution in [-0.2, 0) is 4.74 Å². The molecule has 4 rings (SSSR count). The van der Waals surface area contributed by atoms with Crippen molar-refractivity contribution in [3.05, 3.63) is 72.3 Å². The fourth-order valence-electron chi connectivity index (χ4n) is 3.64. The third kappa shape index (κ3) is 4.49. The summed E-state index contributed by atoms with van der Waals surface area (Å²) < 4.78 is 18.5. The van der Waals surface area contributed by atoms with Gasteiger partial charge in [-0.25, -0.2) is 4.39 Å². The summed E-state index contributed by atoms with van der Waals surface area (Å²) in [5.41, 5.74) is 4.03. The van der Waals surface area contributed by atoms with Crippen LogP contribution in [-0.4, -0.2) is 37.2 Å². The Labute approximate surface area is 169 Å². The lowest BCUT2D eigenvalue weighted by Gasteiger charge is -2.33. The standard InChI is InChI=1S/C23H24FN3O2/c1-29-21-10-12-27(13-11-21)20-8-6-19(7-9-20)26-23(28)22-14-17(15-25-22)16-2-4-18(24)5-3-16/h2-9,14-15,21,25H,10-13H2,1H3,(H,26,28). The van der Waals surface area contributed by atoms with Crippen LogP contribution in [0.5, 0.6) is 0 Å². The Hall–Kier alpha value is -3.12. The molecule has 1 aliphatic heterocycles. The van der Waals surface area contributed by atoms with Crippen molar-refractivity contribution < 1.29 is 13.9 Å². The van der Waals surface area contributed by atoms with E-state index < -0.39 is 0 Å². The lowest BCUT2D eigenvalue weighted by Crippen LogP contribution is -2.36. The number of nitrogens with zero attached hydrogens (tertiary/aromatic N) is 1. The molecule has 2 N–H and O–H groups in total. The van der Waals surface area contributed by atoms with Crippen LogP contribution in [0.15, 0.2) is 60.8 Å². The molecule has 2 heterocycles. The zero-order valence-corrected chi connectivity index (χ0v) is 16.3. The molecular weight excluding hydrogens is 369 g/mol. The number of anilines is 2. The van der Waals surface area contributed by atoms with Crippen LogP contribution in [0.2, 0.25) is 0 Å². The topological polar surface area (TPSA) is 57.4 Å². The first-order valence-corrected chi connectivity index (χ1v) is 9.76. The molecule has 1 aromatic heterocycles. The lowest BCUT2D eigenvalue weighted by molar-refractivity contribution is 0.0819. The maximum Gasteiger partial charge on any atom is 0.272 e. The van der Waals surface area contributed by atoms with Crippen LogP contribution >= 0.6 is 0 Å². The van der Waals surface area contributed by atoms with Gasteiger partial charge in [0.25, 0.3) is 5.91 Å². The van der Waals surface area contributed by atoms with Gasteiger partial charge in [-0.3, -0.25) is 4.79 Å². The Bertz CT molecular complexity index is 959. The van der Waals surface area contributed by atoms with E-state index in [1.807, 2.05) is 24.3 Å². The van der Waals surface area contributed by atoms with E-state index in [4.69, 9.17) is 4.74 Å². The molecule has 1 fully saturated rings. The third-order valence-electron chi connectivity index (χ3n) is 5.37. The van der Waals surface area contributed by atoms with Crippen LogP contribution < -0.4 is 10.2 Å². The molecule has 0 saturated carbocycles. The molecule has 1 saturated heterocycles. The minimum Gasteiger partial charge on any atom is -0.381 e. The number of carbonyl (C=O) groups is 1. The van der Waals surface area contributed by atoms with Gasteiger partial charge in [0, 0.05) is 37.8 Å².